The van der Waals surface area contributed by atoms with Crippen LogP contribution in [0.2, 0.25) is 0 Å². The fourth-order valence-electron chi connectivity index (χ4n) is 4.19. The highest BCUT2D eigenvalue weighted by Gasteiger charge is 2.19. The number of nitrogens with zero attached hydrogens (tertiary/aromatic N) is 3. The fourth-order valence-corrected chi connectivity index (χ4v) is 4.19. The molecular weight excluding hydrogens is 441 g/mol. The van der Waals surface area contributed by atoms with Crippen molar-refractivity contribution < 1.29 is 9.50 Å². The summed E-state index contributed by atoms with van der Waals surface area (Å²) in [6.45, 7) is 0.383. The third-order valence-electron chi connectivity index (χ3n) is 6.02. The Labute approximate surface area is 203 Å². The van der Waals surface area contributed by atoms with Gasteiger partial charge < -0.3 is 15.4 Å². The normalized spacial score (nSPS) is 12.1. The van der Waals surface area contributed by atoms with Gasteiger partial charge in [0.15, 0.2) is 0 Å². The van der Waals surface area contributed by atoms with E-state index < -0.39 is 0 Å². The maximum Gasteiger partial charge on any atom is 0.132 e. The molecule has 2 aromatic heterocycles. The number of nitrogens with one attached hydrogen (secondary N) is 2. The summed E-state index contributed by atoms with van der Waals surface area (Å²) in [5.41, 5.74) is 5.99. The van der Waals surface area contributed by atoms with Crippen LogP contribution in [0.3, 0.4) is 0 Å². The van der Waals surface area contributed by atoms with E-state index in [1.54, 1.807) is 35.5 Å². The molecular formula is C28H26FN5O. The summed E-state index contributed by atoms with van der Waals surface area (Å²) in [7, 11) is 0. The van der Waals surface area contributed by atoms with Gasteiger partial charge in [0.2, 0.25) is 0 Å². The van der Waals surface area contributed by atoms with E-state index in [9.17, 15) is 9.50 Å². The largest absolute Gasteiger partial charge is 0.395 e. The van der Waals surface area contributed by atoms with Gasteiger partial charge in [0.25, 0.3) is 0 Å². The van der Waals surface area contributed by atoms with Gasteiger partial charge in [0.05, 0.1) is 30.5 Å². The Morgan fingerprint density at radius 3 is 2.37 bits per heavy atom. The monoisotopic (exact) mass is 467 g/mol. The minimum Gasteiger partial charge on any atom is -0.395 e. The number of hydrogen-bond donors (Lipinski definition) is 3. The number of halogens is 1. The van der Waals surface area contributed by atoms with Crippen LogP contribution in [-0.2, 0) is 13.0 Å². The van der Waals surface area contributed by atoms with Crippen molar-refractivity contribution in [3.05, 3.63) is 115 Å². The lowest BCUT2D eigenvalue weighted by Crippen LogP contribution is -2.34. The third kappa shape index (κ3) is 5.06. The lowest BCUT2D eigenvalue weighted by Gasteiger charge is -2.16. The number of imidazole rings is 1. The zero-order chi connectivity index (χ0) is 24.0. The van der Waals surface area contributed by atoms with E-state index in [-0.39, 0.29) is 18.5 Å². The van der Waals surface area contributed by atoms with Crippen molar-refractivity contribution in [1.82, 2.24) is 25.1 Å². The molecule has 0 aliphatic heterocycles. The van der Waals surface area contributed by atoms with Gasteiger partial charge in [-0.2, -0.15) is 5.10 Å². The van der Waals surface area contributed by atoms with E-state index in [0.717, 1.165) is 28.1 Å². The molecule has 35 heavy (non-hydrogen) atoms. The van der Waals surface area contributed by atoms with Crippen LogP contribution in [-0.4, -0.2) is 37.5 Å². The smallest absolute Gasteiger partial charge is 0.132 e. The van der Waals surface area contributed by atoms with Gasteiger partial charge in [0, 0.05) is 42.0 Å². The molecule has 0 amide bonds. The number of hydrogen-bond acceptors (Lipinski definition) is 4. The highest BCUT2D eigenvalue weighted by atomic mass is 19.1. The molecule has 5 aromatic rings. The molecule has 0 saturated carbocycles. The van der Waals surface area contributed by atoms with Crippen LogP contribution in [0.4, 0.5) is 4.39 Å². The van der Waals surface area contributed by atoms with Crippen LogP contribution in [0.25, 0.3) is 28.1 Å². The quantitative estimate of drug-likeness (QED) is 0.292. The molecule has 0 fully saturated rings. The number of H-pyrrole nitrogens is 1. The maximum absolute atomic E-state index is 14.9. The molecule has 7 heteroatoms. The Hall–Kier alpha value is -4.07. The van der Waals surface area contributed by atoms with Gasteiger partial charge in [-0.1, -0.05) is 54.6 Å². The van der Waals surface area contributed by atoms with E-state index in [4.69, 9.17) is 0 Å². The number of aliphatic hydroxyl groups excluding tert-OH is 1. The molecule has 2 heterocycles. The highest BCUT2D eigenvalue weighted by molar-refractivity contribution is 5.68. The molecule has 1 atom stereocenters. The summed E-state index contributed by atoms with van der Waals surface area (Å²) < 4.78 is 16.7. The molecule has 0 spiro atoms. The van der Waals surface area contributed by atoms with Gasteiger partial charge in [-0.05, 0) is 35.4 Å². The van der Waals surface area contributed by atoms with E-state index >= 15 is 0 Å². The Bertz CT molecular complexity index is 1360. The number of aromatic nitrogens is 4. The van der Waals surface area contributed by atoms with E-state index in [0.29, 0.717) is 24.2 Å². The van der Waals surface area contributed by atoms with Crippen molar-refractivity contribution in [3.63, 3.8) is 0 Å². The van der Waals surface area contributed by atoms with Crippen molar-refractivity contribution in [1.29, 1.82) is 0 Å². The Morgan fingerprint density at radius 2 is 1.66 bits per heavy atom. The first kappa shape index (κ1) is 22.7. The van der Waals surface area contributed by atoms with Crippen LogP contribution < -0.4 is 5.32 Å². The molecule has 0 aliphatic rings. The van der Waals surface area contributed by atoms with E-state index in [1.165, 1.54) is 6.07 Å². The van der Waals surface area contributed by atoms with Crippen molar-refractivity contribution in [2.45, 2.75) is 19.0 Å². The third-order valence-corrected chi connectivity index (χ3v) is 6.02. The lowest BCUT2D eigenvalue weighted by molar-refractivity contribution is 0.240. The zero-order valence-electron chi connectivity index (χ0n) is 19.1. The van der Waals surface area contributed by atoms with Crippen LogP contribution in [0.15, 0.2) is 97.6 Å². The van der Waals surface area contributed by atoms with Crippen molar-refractivity contribution >= 4 is 0 Å². The molecule has 6 nitrogen and oxygen atoms in total. The lowest BCUT2D eigenvalue weighted by atomic mass is 10.0. The topological polar surface area (TPSA) is 78.8 Å². The van der Waals surface area contributed by atoms with Crippen molar-refractivity contribution in [2.24, 2.45) is 0 Å². The number of aliphatic hydroxyl groups is 1. The molecule has 0 aliphatic carbocycles. The van der Waals surface area contributed by atoms with E-state index in [2.05, 4.69) is 32.5 Å². The van der Waals surface area contributed by atoms with Crippen LogP contribution in [0.1, 0.15) is 11.3 Å². The van der Waals surface area contributed by atoms with Crippen molar-refractivity contribution in [3.8, 4) is 28.1 Å². The first-order valence-electron chi connectivity index (χ1n) is 11.5. The summed E-state index contributed by atoms with van der Waals surface area (Å²) in [5, 5.41) is 17.9. The fraction of sp³-hybridized carbons (Fsp3) is 0.143. The number of aromatic amines is 1. The minimum atomic E-state index is -0.312. The van der Waals surface area contributed by atoms with E-state index in [1.807, 2.05) is 48.5 Å². The molecule has 3 N–H and O–H groups in total. The van der Waals surface area contributed by atoms with Gasteiger partial charge in [0.1, 0.15) is 5.82 Å². The average molecular weight is 468 g/mol. The Kier molecular flexibility index (Phi) is 6.79. The van der Waals surface area contributed by atoms with Gasteiger partial charge >= 0.3 is 0 Å². The summed E-state index contributed by atoms with van der Waals surface area (Å²) in [4.78, 5) is 7.09. The predicted molar refractivity (Wildman–Crippen MR) is 134 cm³/mol. The summed E-state index contributed by atoms with van der Waals surface area (Å²) in [6, 6.07) is 24.8. The Balaban J connectivity index is 1.46. The van der Waals surface area contributed by atoms with Gasteiger partial charge in [-0.15, -0.1) is 0 Å². The summed E-state index contributed by atoms with van der Waals surface area (Å²) in [6.07, 6.45) is 5.71. The second-order valence-electron chi connectivity index (χ2n) is 8.36. The zero-order valence-corrected chi connectivity index (χ0v) is 19.1. The first-order valence-corrected chi connectivity index (χ1v) is 11.5. The second kappa shape index (κ2) is 10.5. The first-order chi connectivity index (χ1) is 17.2. The molecule has 0 bridgehead atoms. The van der Waals surface area contributed by atoms with Crippen LogP contribution in [0.5, 0.6) is 0 Å². The van der Waals surface area contributed by atoms with Crippen LogP contribution in [0, 0.1) is 5.82 Å². The molecule has 1 unspecified atom stereocenters. The summed E-state index contributed by atoms with van der Waals surface area (Å²) in [5.74, 6) is -0.312. The van der Waals surface area contributed by atoms with Crippen LogP contribution >= 0.6 is 0 Å². The molecule has 0 radical (unpaired) electrons. The SMILES string of the molecule is OCC(Cc1cnc[nH]1)NCc1cnn(-c2ccc(-c3ccccc3)cc2)c1-c1ccccc1F. The summed E-state index contributed by atoms with van der Waals surface area (Å²) >= 11 is 0. The van der Waals surface area contributed by atoms with Gasteiger partial charge in [-0.25, -0.2) is 14.1 Å². The second-order valence-corrected chi connectivity index (χ2v) is 8.36. The average Bonchev–Trinajstić information content (AvgIpc) is 3.57. The highest BCUT2D eigenvalue weighted by Crippen LogP contribution is 2.30. The molecule has 0 saturated heterocycles. The number of benzene rings is 3. The number of rotatable bonds is 9. The Morgan fingerprint density at radius 1 is 0.914 bits per heavy atom. The molecule has 3 aromatic carbocycles. The molecule has 5 rings (SSSR count). The standard InChI is InChI=1S/C28H26FN5O/c29-27-9-5-4-8-26(27)28-22(15-31-24(18-35)14-23-17-30-19-32-23)16-33-34(28)25-12-10-21(11-13-25)20-6-2-1-3-7-20/h1-13,16-17,19,24,31,35H,14-15,18H2,(H,30,32). The van der Waals surface area contributed by atoms with Crippen molar-refractivity contribution in [2.75, 3.05) is 6.61 Å². The van der Waals surface area contributed by atoms with Gasteiger partial charge in [-0.3, -0.25) is 0 Å². The molecule has 176 valence electrons. The maximum atomic E-state index is 14.9. The minimum absolute atomic E-state index is 0.0386. The predicted octanol–water partition coefficient (Wildman–Crippen LogP) is 4.76.